The van der Waals surface area contributed by atoms with Crippen LogP contribution in [0.25, 0.3) is 0 Å². The first-order valence-corrected chi connectivity index (χ1v) is 17.6. The number of carbonyl (C=O) groups is 4. The summed E-state index contributed by atoms with van der Waals surface area (Å²) >= 11 is 0. The highest BCUT2D eigenvalue weighted by atomic mass is 28.3. The van der Waals surface area contributed by atoms with Gasteiger partial charge >= 0.3 is 0 Å². The average Bonchev–Trinajstić information content (AvgIpc) is 3.24. The number of primary amides is 1. The summed E-state index contributed by atoms with van der Waals surface area (Å²) in [6.07, 6.45) is 2.28. The van der Waals surface area contributed by atoms with Crippen molar-refractivity contribution in [1.29, 1.82) is 0 Å². The first-order chi connectivity index (χ1) is 19.5. The molecule has 1 unspecified atom stereocenters. The SMILES string of the molecule is C[Si](C)(C)CCOCN1C(=O)CCC(N2Cc3c(C#CCCCc4ccc(C(N)=O)c(F)c4)cccc3C2=O)C1=O. The zero-order chi connectivity index (χ0) is 29.7. The Balaban J connectivity index is 1.37. The molecule has 216 valence electrons. The van der Waals surface area contributed by atoms with Gasteiger partial charge in [0.25, 0.3) is 17.7 Å². The number of carbonyl (C=O) groups excluding carboxylic acids is 4. The lowest BCUT2D eigenvalue weighted by atomic mass is 10.0. The molecule has 41 heavy (non-hydrogen) atoms. The van der Waals surface area contributed by atoms with Crippen LogP contribution < -0.4 is 5.73 Å². The van der Waals surface area contributed by atoms with E-state index < -0.39 is 31.7 Å². The summed E-state index contributed by atoms with van der Waals surface area (Å²) in [7, 11) is -1.31. The van der Waals surface area contributed by atoms with E-state index in [1.54, 1.807) is 23.1 Å². The number of likely N-dealkylation sites (tertiary alicyclic amines) is 1. The molecule has 4 rings (SSSR count). The Hall–Kier alpha value is -3.81. The smallest absolute Gasteiger partial charge is 0.255 e. The van der Waals surface area contributed by atoms with Crippen LogP contribution in [-0.4, -0.2) is 60.9 Å². The summed E-state index contributed by atoms with van der Waals surface area (Å²) in [4.78, 5) is 53.0. The van der Waals surface area contributed by atoms with Gasteiger partial charge in [-0.1, -0.05) is 43.6 Å². The Kier molecular flexibility index (Phi) is 9.41. The Labute approximate surface area is 241 Å². The van der Waals surface area contributed by atoms with E-state index >= 15 is 0 Å². The molecule has 0 bridgehead atoms. The number of piperidine rings is 1. The fraction of sp³-hybridized carbons (Fsp3) is 0.419. The second-order valence-electron chi connectivity index (χ2n) is 11.7. The van der Waals surface area contributed by atoms with E-state index in [9.17, 15) is 23.6 Å². The molecule has 0 radical (unpaired) electrons. The number of amides is 4. The highest BCUT2D eigenvalue weighted by Gasteiger charge is 2.43. The van der Waals surface area contributed by atoms with Gasteiger partial charge in [0.2, 0.25) is 5.91 Å². The Bertz CT molecular complexity index is 1430. The maximum Gasteiger partial charge on any atom is 0.255 e. The topological polar surface area (TPSA) is 110 Å². The molecule has 4 amide bonds. The van der Waals surface area contributed by atoms with Crippen molar-refractivity contribution in [2.45, 2.75) is 70.4 Å². The molecular weight excluding hydrogens is 541 g/mol. The summed E-state index contributed by atoms with van der Waals surface area (Å²) in [6, 6.07) is 9.96. The van der Waals surface area contributed by atoms with E-state index in [1.807, 2.05) is 6.07 Å². The summed E-state index contributed by atoms with van der Waals surface area (Å²) in [6.45, 7) is 7.34. The maximum absolute atomic E-state index is 14.0. The molecule has 2 heterocycles. The van der Waals surface area contributed by atoms with E-state index in [2.05, 4.69) is 31.5 Å². The first kappa shape index (κ1) is 30.2. The molecule has 2 aromatic rings. The predicted octanol–water partition coefficient (Wildman–Crippen LogP) is 4.08. The third-order valence-corrected chi connectivity index (χ3v) is 9.07. The largest absolute Gasteiger partial charge is 0.366 e. The third-order valence-electron chi connectivity index (χ3n) is 7.36. The van der Waals surface area contributed by atoms with Crippen LogP contribution in [0.5, 0.6) is 0 Å². The summed E-state index contributed by atoms with van der Waals surface area (Å²) in [5, 5.41) is 0. The number of unbranched alkanes of at least 4 members (excludes halogenated alkanes) is 1. The quantitative estimate of drug-likeness (QED) is 0.198. The van der Waals surface area contributed by atoms with E-state index in [4.69, 9.17) is 10.5 Å². The number of ether oxygens (including phenoxy) is 1. The van der Waals surface area contributed by atoms with E-state index in [0.717, 1.165) is 27.6 Å². The molecule has 2 aliphatic rings. The summed E-state index contributed by atoms with van der Waals surface area (Å²) in [5.74, 6) is 3.94. The van der Waals surface area contributed by atoms with Gasteiger partial charge in [-0.25, -0.2) is 4.39 Å². The van der Waals surface area contributed by atoms with Crippen molar-refractivity contribution in [2.75, 3.05) is 13.3 Å². The molecular formula is C31H36FN3O5Si. The van der Waals surface area contributed by atoms with E-state index in [-0.39, 0.29) is 43.5 Å². The van der Waals surface area contributed by atoms with Crippen molar-refractivity contribution in [3.63, 3.8) is 0 Å². The fourth-order valence-corrected chi connectivity index (χ4v) is 5.71. The molecule has 2 aliphatic heterocycles. The number of fused-ring (bicyclic) bond motifs is 1. The Morgan fingerprint density at radius 1 is 1.17 bits per heavy atom. The fourth-order valence-electron chi connectivity index (χ4n) is 4.96. The minimum atomic E-state index is -1.31. The number of benzene rings is 2. The van der Waals surface area contributed by atoms with Gasteiger partial charge in [0.1, 0.15) is 18.6 Å². The molecule has 8 nitrogen and oxygen atoms in total. The van der Waals surface area contributed by atoms with Gasteiger partial charge < -0.3 is 15.4 Å². The van der Waals surface area contributed by atoms with Crippen LogP contribution in [0.15, 0.2) is 36.4 Å². The second-order valence-corrected chi connectivity index (χ2v) is 17.3. The second kappa shape index (κ2) is 12.8. The normalized spacial score (nSPS) is 17.0. The lowest BCUT2D eigenvalue weighted by molar-refractivity contribution is -0.158. The van der Waals surface area contributed by atoms with E-state index in [1.165, 1.54) is 12.1 Å². The molecule has 2 N–H and O–H groups in total. The molecule has 0 saturated carbocycles. The van der Waals surface area contributed by atoms with Gasteiger partial charge in [-0.15, -0.1) is 0 Å². The molecule has 2 aromatic carbocycles. The summed E-state index contributed by atoms with van der Waals surface area (Å²) in [5.41, 5.74) is 7.79. The maximum atomic E-state index is 14.0. The molecule has 1 atom stereocenters. The van der Waals surface area contributed by atoms with Gasteiger partial charge in [0, 0.05) is 45.2 Å². The van der Waals surface area contributed by atoms with E-state index in [0.29, 0.717) is 31.4 Å². The van der Waals surface area contributed by atoms with Crippen LogP contribution >= 0.6 is 0 Å². The first-order valence-electron chi connectivity index (χ1n) is 13.9. The van der Waals surface area contributed by atoms with Gasteiger partial charge in [0.05, 0.1) is 5.56 Å². The number of hydrogen-bond donors (Lipinski definition) is 1. The Morgan fingerprint density at radius 2 is 1.95 bits per heavy atom. The zero-order valence-electron chi connectivity index (χ0n) is 23.8. The average molecular weight is 578 g/mol. The monoisotopic (exact) mass is 577 g/mol. The van der Waals surface area contributed by atoms with Gasteiger partial charge in [0.15, 0.2) is 0 Å². The summed E-state index contributed by atoms with van der Waals surface area (Å²) < 4.78 is 19.7. The lowest BCUT2D eigenvalue weighted by Gasteiger charge is -2.35. The number of hydrogen-bond acceptors (Lipinski definition) is 5. The number of nitrogens with two attached hydrogens (primary N) is 1. The number of rotatable bonds is 10. The van der Waals surface area contributed by atoms with Crippen LogP contribution in [0.4, 0.5) is 4.39 Å². The van der Waals surface area contributed by atoms with Gasteiger partial charge in [-0.3, -0.25) is 24.1 Å². The molecule has 0 spiro atoms. The van der Waals surface area contributed by atoms with Crippen molar-refractivity contribution in [3.05, 3.63) is 70.0 Å². The van der Waals surface area contributed by atoms with Crippen LogP contribution in [0.2, 0.25) is 25.7 Å². The highest BCUT2D eigenvalue weighted by molar-refractivity contribution is 6.76. The van der Waals surface area contributed by atoms with Crippen molar-refractivity contribution in [3.8, 4) is 11.8 Å². The minimum Gasteiger partial charge on any atom is -0.366 e. The molecule has 0 aromatic heterocycles. The van der Waals surface area contributed by atoms with Crippen LogP contribution in [0.1, 0.15) is 63.1 Å². The van der Waals surface area contributed by atoms with Crippen molar-refractivity contribution >= 4 is 31.7 Å². The molecule has 1 fully saturated rings. The third kappa shape index (κ3) is 7.29. The van der Waals surface area contributed by atoms with Crippen LogP contribution in [0, 0.1) is 17.7 Å². The predicted molar refractivity (Wildman–Crippen MR) is 155 cm³/mol. The van der Waals surface area contributed by atoms with Crippen molar-refractivity contribution < 1.29 is 28.3 Å². The van der Waals surface area contributed by atoms with Gasteiger partial charge in [-0.05, 0) is 60.7 Å². The molecule has 0 aliphatic carbocycles. The van der Waals surface area contributed by atoms with Crippen LogP contribution in [-0.2, 0) is 27.3 Å². The van der Waals surface area contributed by atoms with Crippen molar-refractivity contribution in [2.24, 2.45) is 5.73 Å². The van der Waals surface area contributed by atoms with Crippen LogP contribution in [0.3, 0.4) is 0 Å². The number of halogens is 1. The highest BCUT2D eigenvalue weighted by Crippen LogP contribution is 2.31. The number of imide groups is 1. The minimum absolute atomic E-state index is 0.0910. The molecule has 1 saturated heterocycles. The number of aryl methyl sites for hydroxylation is 1. The number of nitrogens with zero attached hydrogens (tertiary/aromatic N) is 2. The standard InChI is InChI=1S/C31H36FN3O5Si/c1-41(2,3)17-16-40-20-35-28(36)15-14-27(31(35)39)34-19-25-22(10-7-11-23(25)30(34)38)9-6-4-5-8-21-12-13-24(29(33)37)26(32)18-21/h7,10-13,18,27H,4-5,8,14-17,19-20H2,1-3H3,(H2,33,37). The van der Waals surface area contributed by atoms with Crippen molar-refractivity contribution in [1.82, 2.24) is 9.80 Å². The molecule has 10 heteroatoms. The van der Waals surface area contributed by atoms with Gasteiger partial charge in [-0.2, -0.15) is 0 Å². The lowest BCUT2D eigenvalue weighted by Crippen LogP contribution is -2.55. The Morgan fingerprint density at radius 3 is 2.66 bits per heavy atom. The zero-order valence-corrected chi connectivity index (χ0v) is 24.8.